The number of carbonyl (C=O) groups is 1. The molecule has 0 N–H and O–H groups in total. The second-order valence-electron chi connectivity index (χ2n) is 6.24. The van der Waals surface area contributed by atoms with Gasteiger partial charge in [0.2, 0.25) is 5.88 Å². The van der Waals surface area contributed by atoms with Gasteiger partial charge in [0.25, 0.3) is 0 Å². The highest BCUT2D eigenvalue weighted by atomic mass is 16.5. The summed E-state index contributed by atoms with van der Waals surface area (Å²) >= 11 is 0. The second-order valence-corrected chi connectivity index (χ2v) is 6.24. The van der Waals surface area contributed by atoms with Gasteiger partial charge in [0.1, 0.15) is 5.75 Å². The molecular weight excluding hydrogens is 302 g/mol. The Labute approximate surface area is 142 Å². The number of nitrogens with zero attached hydrogens (tertiary/aromatic N) is 1. The van der Waals surface area contributed by atoms with E-state index in [4.69, 9.17) is 4.74 Å². The minimum atomic E-state index is -0.401. The maximum absolute atomic E-state index is 11.4. The van der Waals surface area contributed by atoms with Crippen LogP contribution >= 0.6 is 0 Å². The van der Waals surface area contributed by atoms with Crippen LogP contribution in [0.2, 0.25) is 0 Å². The predicted molar refractivity (Wildman–Crippen MR) is 92.5 cm³/mol. The van der Waals surface area contributed by atoms with Crippen LogP contribution in [-0.2, 0) is 4.74 Å². The first kappa shape index (κ1) is 16.5. The molecule has 0 radical (unpaired) electrons. The van der Waals surface area contributed by atoms with E-state index in [1.165, 1.54) is 57.4 Å². The van der Waals surface area contributed by atoms with Crippen molar-refractivity contribution in [2.45, 2.75) is 44.4 Å². The third-order valence-corrected chi connectivity index (χ3v) is 4.59. The first-order valence-electron chi connectivity index (χ1n) is 8.58. The number of esters is 1. The van der Waals surface area contributed by atoms with Crippen molar-refractivity contribution in [3.8, 4) is 11.6 Å². The van der Waals surface area contributed by atoms with Crippen LogP contribution in [0.4, 0.5) is 0 Å². The predicted octanol–water partition coefficient (Wildman–Crippen LogP) is 5.10. The van der Waals surface area contributed by atoms with E-state index in [9.17, 15) is 4.79 Å². The summed E-state index contributed by atoms with van der Waals surface area (Å²) in [4.78, 5) is 15.5. The van der Waals surface area contributed by atoms with Crippen molar-refractivity contribution in [1.29, 1.82) is 0 Å². The number of carbonyl (C=O) groups excluding carboxylic acids is 1. The quantitative estimate of drug-likeness (QED) is 0.580. The van der Waals surface area contributed by atoms with Gasteiger partial charge in [0.15, 0.2) is 0 Å². The van der Waals surface area contributed by atoms with Crippen molar-refractivity contribution in [3.05, 3.63) is 53.7 Å². The molecule has 2 aromatic rings. The summed E-state index contributed by atoms with van der Waals surface area (Å²) in [6.45, 7) is 0. The number of pyridine rings is 1. The second kappa shape index (κ2) is 7.95. The normalized spacial score (nSPS) is 15.5. The number of hydrogen-bond donors (Lipinski definition) is 0. The fraction of sp³-hybridized carbons (Fsp3) is 0.400. The Balaban J connectivity index is 1.64. The van der Waals surface area contributed by atoms with Crippen LogP contribution < -0.4 is 4.74 Å². The molecule has 0 atom stereocenters. The van der Waals surface area contributed by atoms with E-state index in [1.54, 1.807) is 12.1 Å². The minimum Gasteiger partial charge on any atom is -0.465 e. The molecular formula is C20H23NO3. The number of ether oxygens (including phenoxy) is 2. The van der Waals surface area contributed by atoms with Gasteiger partial charge in [-0.05, 0) is 42.5 Å². The standard InChI is InChI=1S/C20H23NO3/c1-23-20(22)17-10-13-19(21-14-17)24-18-11-8-16(9-12-18)15-6-4-2-3-5-7-15/h8-15H,2-7H2,1H3. The van der Waals surface area contributed by atoms with Crippen LogP contribution in [0.15, 0.2) is 42.6 Å². The zero-order chi connectivity index (χ0) is 16.8. The molecule has 1 heterocycles. The topological polar surface area (TPSA) is 48.4 Å². The molecule has 1 fully saturated rings. The molecule has 1 aromatic heterocycles. The van der Waals surface area contributed by atoms with E-state index in [0.29, 0.717) is 17.4 Å². The van der Waals surface area contributed by atoms with Gasteiger partial charge in [-0.15, -0.1) is 0 Å². The third-order valence-electron chi connectivity index (χ3n) is 4.59. The van der Waals surface area contributed by atoms with E-state index < -0.39 is 5.97 Å². The van der Waals surface area contributed by atoms with E-state index >= 15 is 0 Å². The summed E-state index contributed by atoms with van der Waals surface area (Å²) in [7, 11) is 1.35. The molecule has 1 saturated carbocycles. The van der Waals surface area contributed by atoms with E-state index in [1.807, 2.05) is 12.1 Å². The Kier molecular flexibility index (Phi) is 5.47. The minimum absolute atomic E-state index is 0.401. The molecule has 3 rings (SSSR count). The van der Waals surface area contributed by atoms with Gasteiger partial charge in [-0.3, -0.25) is 0 Å². The zero-order valence-corrected chi connectivity index (χ0v) is 14.0. The highest BCUT2D eigenvalue weighted by Gasteiger charge is 2.14. The summed E-state index contributed by atoms with van der Waals surface area (Å²) in [6.07, 6.45) is 9.43. The monoisotopic (exact) mass is 325 g/mol. The molecule has 0 amide bonds. The Morgan fingerprint density at radius 1 is 1.00 bits per heavy atom. The van der Waals surface area contributed by atoms with Crippen molar-refractivity contribution in [2.24, 2.45) is 0 Å². The molecule has 4 nitrogen and oxygen atoms in total. The van der Waals surface area contributed by atoms with Crippen LogP contribution in [0.25, 0.3) is 0 Å². The number of rotatable bonds is 4. The Hall–Kier alpha value is -2.36. The van der Waals surface area contributed by atoms with Crippen molar-refractivity contribution in [2.75, 3.05) is 7.11 Å². The van der Waals surface area contributed by atoms with Gasteiger partial charge >= 0.3 is 5.97 Å². The Morgan fingerprint density at radius 2 is 1.71 bits per heavy atom. The molecule has 24 heavy (non-hydrogen) atoms. The highest BCUT2D eigenvalue weighted by Crippen LogP contribution is 2.32. The first-order valence-corrected chi connectivity index (χ1v) is 8.58. The van der Waals surface area contributed by atoms with Gasteiger partial charge in [0, 0.05) is 12.3 Å². The fourth-order valence-electron chi connectivity index (χ4n) is 3.22. The van der Waals surface area contributed by atoms with Crippen LogP contribution in [-0.4, -0.2) is 18.1 Å². The zero-order valence-electron chi connectivity index (χ0n) is 14.0. The third kappa shape index (κ3) is 4.13. The van der Waals surface area contributed by atoms with Crippen molar-refractivity contribution in [3.63, 3.8) is 0 Å². The van der Waals surface area contributed by atoms with Crippen LogP contribution in [0.5, 0.6) is 11.6 Å². The summed E-state index contributed by atoms with van der Waals surface area (Å²) in [5.41, 5.74) is 1.81. The molecule has 0 saturated heterocycles. The highest BCUT2D eigenvalue weighted by molar-refractivity contribution is 5.88. The van der Waals surface area contributed by atoms with Crippen molar-refractivity contribution in [1.82, 2.24) is 4.98 Å². The Bertz CT molecular complexity index is 656. The number of aromatic nitrogens is 1. The molecule has 0 unspecified atom stereocenters. The fourth-order valence-corrected chi connectivity index (χ4v) is 3.22. The van der Waals surface area contributed by atoms with Crippen LogP contribution in [0.1, 0.15) is 60.4 Å². The van der Waals surface area contributed by atoms with Crippen molar-refractivity contribution >= 4 is 5.97 Å². The summed E-state index contributed by atoms with van der Waals surface area (Å²) < 4.78 is 10.4. The molecule has 0 bridgehead atoms. The van der Waals surface area contributed by atoms with Crippen LogP contribution in [0, 0.1) is 0 Å². The van der Waals surface area contributed by atoms with Crippen molar-refractivity contribution < 1.29 is 14.3 Å². The molecule has 0 spiro atoms. The van der Waals surface area contributed by atoms with Gasteiger partial charge in [-0.25, -0.2) is 9.78 Å². The number of hydrogen-bond acceptors (Lipinski definition) is 4. The molecule has 126 valence electrons. The smallest absolute Gasteiger partial charge is 0.339 e. The average molecular weight is 325 g/mol. The van der Waals surface area contributed by atoms with Gasteiger partial charge in [-0.2, -0.15) is 0 Å². The molecule has 4 heteroatoms. The maximum atomic E-state index is 11.4. The lowest BCUT2D eigenvalue weighted by Gasteiger charge is -2.15. The lowest BCUT2D eigenvalue weighted by molar-refractivity contribution is 0.0600. The lowest BCUT2D eigenvalue weighted by Crippen LogP contribution is -2.01. The maximum Gasteiger partial charge on any atom is 0.339 e. The Morgan fingerprint density at radius 3 is 2.29 bits per heavy atom. The average Bonchev–Trinajstić information content (AvgIpc) is 2.92. The summed E-state index contributed by atoms with van der Waals surface area (Å²) in [6, 6.07) is 11.6. The molecule has 0 aliphatic heterocycles. The first-order chi connectivity index (χ1) is 11.8. The SMILES string of the molecule is COC(=O)c1ccc(Oc2ccc(C3CCCCCC3)cc2)nc1. The van der Waals surface area contributed by atoms with E-state index in [2.05, 4.69) is 21.9 Å². The van der Waals surface area contributed by atoms with Crippen LogP contribution in [0.3, 0.4) is 0 Å². The molecule has 1 aliphatic carbocycles. The summed E-state index contributed by atoms with van der Waals surface area (Å²) in [5, 5.41) is 0. The van der Waals surface area contributed by atoms with E-state index in [0.717, 1.165) is 5.75 Å². The van der Waals surface area contributed by atoms with E-state index in [-0.39, 0.29) is 0 Å². The number of methoxy groups -OCH3 is 1. The molecule has 1 aliphatic rings. The molecule has 1 aromatic carbocycles. The van der Waals surface area contributed by atoms with Gasteiger partial charge < -0.3 is 9.47 Å². The largest absolute Gasteiger partial charge is 0.465 e. The van der Waals surface area contributed by atoms with Gasteiger partial charge in [-0.1, -0.05) is 37.8 Å². The van der Waals surface area contributed by atoms with Gasteiger partial charge in [0.05, 0.1) is 12.7 Å². The summed E-state index contributed by atoms with van der Waals surface area (Å²) in [5.74, 6) is 1.50. The lowest BCUT2D eigenvalue weighted by atomic mass is 9.92. The number of benzene rings is 1.